The quantitative estimate of drug-likeness (QED) is 0.679. The Labute approximate surface area is 124 Å². The first kappa shape index (κ1) is 12.5. The zero-order valence-electron chi connectivity index (χ0n) is 9.90. The summed E-state index contributed by atoms with van der Waals surface area (Å²) in [6.45, 7) is 0. The standard InChI is InChI=1S/C15H10BrClN2/c16-10-4-6-11(7-5-10)19-14-8-9-18-15-12(14)2-1-3-13(15)17/h1-9H,(H,18,19). The van der Waals surface area contributed by atoms with Crippen molar-refractivity contribution in [1.82, 2.24) is 4.98 Å². The Balaban J connectivity index is 2.06. The third-order valence-electron chi connectivity index (χ3n) is 2.85. The zero-order chi connectivity index (χ0) is 13.2. The smallest absolute Gasteiger partial charge is 0.0908 e. The molecule has 1 N–H and O–H groups in total. The number of rotatable bonds is 2. The monoisotopic (exact) mass is 332 g/mol. The second-order valence-electron chi connectivity index (χ2n) is 4.13. The predicted molar refractivity (Wildman–Crippen MR) is 84.2 cm³/mol. The fourth-order valence-corrected chi connectivity index (χ4v) is 2.43. The van der Waals surface area contributed by atoms with Crippen LogP contribution in [0.15, 0.2) is 59.2 Å². The summed E-state index contributed by atoms with van der Waals surface area (Å²) >= 11 is 9.58. The van der Waals surface area contributed by atoms with Crippen molar-refractivity contribution in [2.24, 2.45) is 0 Å². The van der Waals surface area contributed by atoms with E-state index in [4.69, 9.17) is 11.6 Å². The largest absolute Gasteiger partial charge is 0.355 e. The van der Waals surface area contributed by atoms with Crippen LogP contribution in [0.25, 0.3) is 10.9 Å². The van der Waals surface area contributed by atoms with Gasteiger partial charge in [0, 0.05) is 27.4 Å². The third-order valence-corrected chi connectivity index (χ3v) is 3.68. The zero-order valence-corrected chi connectivity index (χ0v) is 12.2. The molecule has 4 heteroatoms. The second-order valence-corrected chi connectivity index (χ2v) is 5.45. The van der Waals surface area contributed by atoms with Crippen molar-refractivity contribution in [2.45, 2.75) is 0 Å². The van der Waals surface area contributed by atoms with E-state index in [0.717, 1.165) is 26.8 Å². The van der Waals surface area contributed by atoms with Crippen molar-refractivity contribution in [1.29, 1.82) is 0 Å². The van der Waals surface area contributed by atoms with E-state index in [1.54, 1.807) is 6.20 Å². The first-order valence-electron chi connectivity index (χ1n) is 5.80. The molecule has 0 aliphatic carbocycles. The lowest BCUT2D eigenvalue weighted by molar-refractivity contribution is 1.40. The summed E-state index contributed by atoms with van der Waals surface area (Å²) in [6.07, 6.45) is 1.76. The van der Waals surface area contributed by atoms with Crippen LogP contribution in [0.1, 0.15) is 0 Å². The minimum atomic E-state index is 0.664. The van der Waals surface area contributed by atoms with Crippen LogP contribution in [0, 0.1) is 0 Å². The number of benzene rings is 2. The average molecular weight is 334 g/mol. The molecule has 1 aromatic heterocycles. The average Bonchev–Trinajstić information content (AvgIpc) is 2.43. The molecule has 0 saturated carbocycles. The van der Waals surface area contributed by atoms with Gasteiger partial charge < -0.3 is 5.32 Å². The minimum Gasteiger partial charge on any atom is -0.355 e. The van der Waals surface area contributed by atoms with Gasteiger partial charge in [-0.05, 0) is 36.4 Å². The Hall–Kier alpha value is -1.58. The highest BCUT2D eigenvalue weighted by Crippen LogP contribution is 2.29. The molecule has 0 aliphatic rings. The number of nitrogens with one attached hydrogen (secondary N) is 1. The molecule has 3 aromatic rings. The van der Waals surface area contributed by atoms with Gasteiger partial charge in [-0.15, -0.1) is 0 Å². The van der Waals surface area contributed by atoms with E-state index >= 15 is 0 Å². The summed E-state index contributed by atoms with van der Waals surface area (Å²) in [5, 5.41) is 5.06. The fraction of sp³-hybridized carbons (Fsp3) is 0. The van der Waals surface area contributed by atoms with Crippen LogP contribution in [0.5, 0.6) is 0 Å². The topological polar surface area (TPSA) is 24.9 Å². The van der Waals surface area contributed by atoms with Crippen LogP contribution >= 0.6 is 27.5 Å². The van der Waals surface area contributed by atoms with Crippen LogP contribution in [-0.2, 0) is 0 Å². The molecule has 0 fully saturated rings. The summed E-state index contributed by atoms with van der Waals surface area (Å²) in [7, 11) is 0. The Bertz CT molecular complexity index is 726. The van der Waals surface area contributed by atoms with E-state index < -0.39 is 0 Å². The normalized spacial score (nSPS) is 10.6. The SMILES string of the molecule is Clc1cccc2c(Nc3ccc(Br)cc3)ccnc12. The lowest BCUT2D eigenvalue weighted by atomic mass is 10.2. The van der Waals surface area contributed by atoms with E-state index in [9.17, 15) is 0 Å². The summed E-state index contributed by atoms with van der Waals surface area (Å²) in [6, 6.07) is 15.8. The minimum absolute atomic E-state index is 0.664. The highest BCUT2D eigenvalue weighted by atomic mass is 79.9. The summed E-state index contributed by atoms with van der Waals surface area (Å²) in [5.74, 6) is 0. The van der Waals surface area contributed by atoms with Crippen molar-refractivity contribution < 1.29 is 0 Å². The Kier molecular flexibility index (Phi) is 3.40. The number of anilines is 2. The number of para-hydroxylation sites is 1. The first-order chi connectivity index (χ1) is 9.24. The maximum Gasteiger partial charge on any atom is 0.0908 e. The van der Waals surface area contributed by atoms with E-state index in [0.29, 0.717) is 5.02 Å². The Morgan fingerprint density at radius 2 is 1.79 bits per heavy atom. The Morgan fingerprint density at radius 1 is 1.00 bits per heavy atom. The van der Waals surface area contributed by atoms with Crippen molar-refractivity contribution >= 4 is 49.8 Å². The molecule has 0 spiro atoms. The van der Waals surface area contributed by atoms with Gasteiger partial charge in [0.1, 0.15) is 0 Å². The number of hydrogen-bond acceptors (Lipinski definition) is 2. The van der Waals surface area contributed by atoms with Crippen molar-refractivity contribution in [2.75, 3.05) is 5.32 Å². The van der Waals surface area contributed by atoms with Gasteiger partial charge in [0.25, 0.3) is 0 Å². The number of aromatic nitrogens is 1. The number of nitrogens with zero attached hydrogens (tertiary/aromatic N) is 1. The Morgan fingerprint density at radius 3 is 2.58 bits per heavy atom. The number of pyridine rings is 1. The highest BCUT2D eigenvalue weighted by molar-refractivity contribution is 9.10. The summed E-state index contributed by atoms with van der Waals surface area (Å²) in [5.41, 5.74) is 2.83. The molecule has 94 valence electrons. The lowest BCUT2D eigenvalue weighted by Crippen LogP contribution is -1.92. The third kappa shape index (κ3) is 2.57. The maximum atomic E-state index is 6.16. The molecular weight excluding hydrogens is 324 g/mol. The molecule has 19 heavy (non-hydrogen) atoms. The second kappa shape index (κ2) is 5.19. The fourth-order valence-electron chi connectivity index (χ4n) is 1.94. The van der Waals surface area contributed by atoms with Gasteiger partial charge in [0.15, 0.2) is 0 Å². The molecule has 0 radical (unpaired) electrons. The molecule has 0 aliphatic heterocycles. The predicted octanol–water partition coefficient (Wildman–Crippen LogP) is 5.39. The van der Waals surface area contributed by atoms with E-state index in [2.05, 4.69) is 26.2 Å². The van der Waals surface area contributed by atoms with E-state index in [-0.39, 0.29) is 0 Å². The molecule has 2 nitrogen and oxygen atoms in total. The van der Waals surface area contributed by atoms with E-state index in [1.165, 1.54) is 0 Å². The van der Waals surface area contributed by atoms with Gasteiger partial charge >= 0.3 is 0 Å². The molecule has 2 aromatic carbocycles. The first-order valence-corrected chi connectivity index (χ1v) is 6.97. The molecule has 0 unspecified atom stereocenters. The number of fused-ring (bicyclic) bond motifs is 1. The number of hydrogen-bond donors (Lipinski definition) is 1. The van der Waals surface area contributed by atoms with Crippen molar-refractivity contribution in [3.63, 3.8) is 0 Å². The molecule has 0 atom stereocenters. The molecule has 1 heterocycles. The van der Waals surface area contributed by atoms with Gasteiger partial charge in [-0.2, -0.15) is 0 Å². The van der Waals surface area contributed by atoms with Crippen LogP contribution < -0.4 is 5.32 Å². The van der Waals surface area contributed by atoms with E-state index in [1.807, 2.05) is 48.5 Å². The molecular formula is C15H10BrClN2. The maximum absolute atomic E-state index is 6.16. The van der Waals surface area contributed by atoms with Crippen LogP contribution in [0.4, 0.5) is 11.4 Å². The summed E-state index contributed by atoms with van der Waals surface area (Å²) in [4.78, 5) is 4.32. The number of halogens is 2. The molecule has 3 rings (SSSR count). The van der Waals surface area contributed by atoms with Crippen molar-refractivity contribution in [3.05, 3.63) is 64.2 Å². The van der Waals surface area contributed by atoms with Gasteiger partial charge in [-0.1, -0.05) is 39.7 Å². The van der Waals surface area contributed by atoms with Gasteiger partial charge in [-0.25, -0.2) is 0 Å². The molecule has 0 bridgehead atoms. The van der Waals surface area contributed by atoms with Gasteiger partial charge in [0.2, 0.25) is 0 Å². The molecule has 0 amide bonds. The summed E-state index contributed by atoms with van der Waals surface area (Å²) < 4.78 is 1.06. The lowest BCUT2D eigenvalue weighted by Gasteiger charge is -2.10. The van der Waals surface area contributed by atoms with Crippen LogP contribution in [-0.4, -0.2) is 4.98 Å². The molecule has 0 saturated heterocycles. The van der Waals surface area contributed by atoms with Gasteiger partial charge in [0.05, 0.1) is 10.5 Å². The van der Waals surface area contributed by atoms with Crippen molar-refractivity contribution in [3.8, 4) is 0 Å². The highest BCUT2D eigenvalue weighted by Gasteiger charge is 2.04. The van der Waals surface area contributed by atoms with Crippen LogP contribution in [0.2, 0.25) is 5.02 Å². The van der Waals surface area contributed by atoms with Crippen LogP contribution in [0.3, 0.4) is 0 Å². The van der Waals surface area contributed by atoms with Gasteiger partial charge in [-0.3, -0.25) is 4.98 Å².